The maximum atomic E-state index is 5.33. The highest BCUT2D eigenvalue weighted by Crippen LogP contribution is 2.40. The van der Waals surface area contributed by atoms with E-state index in [0.29, 0.717) is 5.82 Å². The molecule has 0 aliphatic rings. The SMILES string of the molecule is C=C/C(C)=C\C.CCc1ccccc1C.CSC.Cc1ccc2c(c1)c1cc(C)c(-c3ccc4nc(-c5ccc(-c6ccc7c(c6)c6ccccc6n7-c6ccccc6)cc5)nc(-c5ccccc5)c4c3)cc1n2-c1ccccc1. The Balaban J connectivity index is 0.000000346. The monoisotopic (exact) mass is 1060 g/mol. The van der Waals surface area contributed by atoms with Crippen LogP contribution in [0.15, 0.2) is 255 Å². The summed E-state index contributed by atoms with van der Waals surface area (Å²) >= 11 is 1.75. The van der Waals surface area contributed by atoms with Gasteiger partial charge in [0.05, 0.1) is 33.3 Å². The van der Waals surface area contributed by atoms with Crippen molar-refractivity contribution in [3.8, 4) is 56.3 Å². The summed E-state index contributed by atoms with van der Waals surface area (Å²) in [5.41, 5.74) is 22.2. The van der Waals surface area contributed by atoms with Crippen molar-refractivity contribution in [2.45, 2.75) is 48.0 Å². The highest BCUT2D eigenvalue weighted by Gasteiger charge is 2.19. The highest BCUT2D eigenvalue weighted by atomic mass is 32.2. The molecule has 0 bridgehead atoms. The van der Waals surface area contributed by atoms with Crippen LogP contribution >= 0.6 is 11.8 Å². The van der Waals surface area contributed by atoms with Crippen LogP contribution in [-0.2, 0) is 6.42 Å². The number of benzene rings is 10. The summed E-state index contributed by atoms with van der Waals surface area (Å²) in [5, 5.41) is 6.03. The van der Waals surface area contributed by atoms with Gasteiger partial charge in [-0.1, -0.05) is 188 Å². The second-order valence-electron chi connectivity index (χ2n) is 20.3. The number of para-hydroxylation sites is 3. The van der Waals surface area contributed by atoms with Gasteiger partial charge in [-0.2, -0.15) is 11.8 Å². The Hall–Kier alpha value is -9.03. The van der Waals surface area contributed by atoms with Gasteiger partial charge in [0.1, 0.15) is 0 Å². The first-order valence-electron chi connectivity index (χ1n) is 27.5. The number of hydrogen-bond acceptors (Lipinski definition) is 3. The topological polar surface area (TPSA) is 35.6 Å². The second kappa shape index (κ2) is 24.7. The van der Waals surface area contributed by atoms with E-state index < -0.39 is 0 Å². The Kier molecular flexibility index (Phi) is 16.8. The lowest BCUT2D eigenvalue weighted by atomic mass is 9.95. The predicted molar refractivity (Wildman–Crippen MR) is 349 cm³/mol. The fourth-order valence-corrected chi connectivity index (χ4v) is 10.6. The van der Waals surface area contributed by atoms with Crippen molar-refractivity contribution in [1.29, 1.82) is 0 Å². The molecule has 4 nitrogen and oxygen atoms in total. The third-order valence-electron chi connectivity index (χ3n) is 14.9. The summed E-state index contributed by atoms with van der Waals surface area (Å²) in [6.07, 6.45) is 9.08. The van der Waals surface area contributed by atoms with E-state index >= 15 is 0 Å². The molecule has 0 saturated heterocycles. The molecule has 0 N–H and O–H groups in total. The first-order valence-corrected chi connectivity index (χ1v) is 29.1. The van der Waals surface area contributed by atoms with Gasteiger partial charge in [0.25, 0.3) is 0 Å². The number of allylic oxidation sites excluding steroid dienone is 3. The number of aryl methyl sites for hydroxylation is 4. The third kappa shape index (κ3) is 11.3. The van der Waals surface area contributed by atoms with Gasteiger partial charge in [-0.05, 0) is 171 Å². The summed E-state index contributed by atoms with van der Waals surface area (Å²) in [7, 11) is 0. The second-order valence-corrected chi connectivity index (χ2v) is 21.1. The van der Waals surface area contributed by atoms with Gasteiger partial charge in [0.15, 0.2) is 5.82 Å². The lowest BCUT2D eigenvalue weighted by molar-refractivity contribution is 1.11. The standard InChI is InChI=1S/C58H40N4.C9H12.C6H10.C2H6S/c1-37-22-30-54-48(32-37)49-33-38(2)47(36-56(49)62(54)45-18-10-5-11-19-45)43-27-29-52-51(35-43)57(40-14-6-3-7-15-40)60-58(59-52)41-25-23-39(24-26-41)42-28-31-55-50(34-42)46-20-12-13-21-53(46)61(55)44-16-8-4-9-17-44;1-3-9-7-5-4-6-8(9)2;1-4-6(3)5-2;1-3-2/h3-36H,1-2H3;4-7H,3H2,1-2H3;4-5H,1H2,2-3H3;1-2H3/b;;6-5-;. The van der Waals surface area contributed by atoms with Gasteiger partial charge in [0.2, 0.25) is 0 Å². The Morgan fingerprint density at radius 3 is 1.61 bits per heavy atom. The molecule has 13 rings (SSSR count). The molecule has 394 valence electrons. The van der Waals surface area contributed by atoms with E-state index in [1.807, 2.05) is 38.5 Å². The number of aromatic nitrogens is 4. The smallest absolute Gasteiger partial charge is 0.160 e. The van der Waals surface area contributed by atoms with Crippen LogP contribution < -0.4 is 0 Å². The summed E-state index contributed by atoms with van der Waals surface area (Å²) in [6.45, 7) is 16.3. The maximum absolute atomic E-state index is 5.33. The van der Waals surface area contributed by atoms with Crippen LogP contribution in [-0.4, -0.2) is 31.6 Å². The zero-order valence-corrected chi connectivity index (χ0v) is 48.0. The molecule has 0 spiro atoms. The lowest BCUT2D eigenvalue weighted by Crippen LogP contribution is -1.96. The molecule has 13 aromatic rings. The fourth-order valence-electron chi connectivity index (χ4n) is 10.6. The number of hydrogen-bond donors (Lipinski definition) is 0. The van der Waals surface area contributed by atoms with Crippen molar-refractivity contribution in [3.05, 3.63) is 277 Å². The van der Waals surface area contributed by atoms with E-state index in [1.54, 1.807) is 11.8 Å². The zero-order chi connectivity index (χ0) is 55.7. The third-order valence-corrected chi connectivity index (χ3v) is 14.9. The first kappa shape index (κ1) is 54.3. The van der Waals surface area contributed by atoms with Gasteiger partial charge in [-0.25, -0.2) is 9.97 Å². The zero-order valence-electron chi connectivity index (χ0n) is 47.2. The largest absolute Gasteiger partial charge is 0.309 e. The van der Waals surface area contributed by atoms with Crippen molar-refractivity contribution in [1.82, 2.24) is 19.1 Å². The van der Waals surface area contributed by atoms with Gasteiger partial charge in [0, 0.05) is 49.4 Å². The van der Waals surface area contributed by atoms with E-state index in [0.717, 1.165) is 56.6 Å². The molecule has 80 heavy (non-hydrogen) atoms. The highest BCUT2D eigenvalue weighted by molar-refractivity contribution is 7.97. The fraction of sp³-hybridized carbons (Fsp3) is 0.120. The molecular formula is C75H68N4S. The molecule has 0 atom stereocenters. The molecule has 0 fully saturated rings. The molecule has 0 saturated carbocycles. The molecule has 0 radical (unpaired) electrons. The van der Waals surface area contributed by atoms with Crippen LogP contribution in [0.25, 0.3) is 111 Å². The number of thioether (sulfide) groups is 1. The molecule has 3 aromatic heterocycles. The Bertz CT molecular complexity index is 4320. The maximum Gasteiger partial charge on any atom is 0.160 e. The van der Waals surface area contributed by atoms with Crippen LogP contribution in [0.4, 0.5) is 0 Å². The summed E-state index contributed by atoms with van der Waals surface area (Å²) in [5.74, 6) is 0.706. The molecule has 0 aliphatic carbocycles. The van der Waals surface area contributed by atoms with Crippen LogP contribution in [0.1, 0.15) is 43.0 Å². The molecular weight excluding hydrogens is 989 g/mol. The number of fused-ring (bicyclic) bond motifs is 7. The predicted octanol–water partition coefficient (Wildman–Crippen LogP) is 20.8. The van der Waals surface area contributed by atoms with E-state index in [2.05, 4.69) is 274 Å². The molecule has 5 heteroatoms. The Labute approximate surface area is 476 Å². The molecule has 0 aliphatic heterocycles. The van der Waals surface area contributed by atoms with Crippen molar-refractivity contribution >= 4 is 66.3 Å². The van der Waals surface area contributed by atoms with Gasteiger partial charge >= 0.3 is 0 Å². The summed E-state index contributed by atoms with van der Waals surface area (Å²) in [6, 6.07) is 82.6. The molecule has 0 amide bonds. The van der Waals surface area contributed by atoms with Gasteiger partial charge in [-0.3, -0.25) is 0 Å². The lowest BCUT2D eigenvalue weighted by Gasteiger charge is -2.14. The van der Waals surface area contributed by atoms with E-state index in [9.17, 15) is 0 Å². The number of nitrogens with zero attached hydrogens (tertiary/aromatic N) is 4. The Morgan fingerprint density at radius 1 is 0.463 bits per heavy atom. The van der Waals surface area contributed by atoms with Crippen molar-refractivity contribution in [2.75, 3.05) is 12.5 Å². The summed E-state index contributed by atoms with van der Waals surface area (Å²) < 4.78 is 4.75. The van der Waals surface area contributed by atoms with Crippen molar-refractivity contribution in [2.24, 2.45) is 0 Å². The van der Waals surface area contributed by atoms with E-state index in [4.69, 9.17) is 9.97 Å². The molecule has 3 heterocycles. The minimum absolute atomic E-state index is 0.706. The van der Waals surface area contributed by atoms with Gasteiger partial charge < -0.3 is 9.13 Å². The van der Waals surface area contributed by atoms with Crippen LogP contribution in [0, 0.1) is 20.8 Å². The average Bonchev–Trinajstić information content (AvgIpc) is 4.07. The van der Waals surface area contributed by atoms with Crippen LogP contribution in [0.2, 0.25) is 0 Å². The van der Waals surface area contributed by atoms with Crippen molar-refractivity contribution < 1.29 is 0 Å². The summed E-state index contributed by atoms with van der Waals surface area (Å²) in [4.78, 5) is 10.6. The van der Waals surface area contributed by atoms with Crippen molar-refractivity contribution in [3.63, 3.8) is 0 Å². The number of rotatable bonds is 8. The van der Waals surface area contributed by atoms with Crippen LogP contribution in [0.5, 0.6) is 0 Å². The van der Waals surface area contributed by atoms with E-state index in [-0.39, 0.29) is 0 Å². The Morgan fingerprint density at radius 2 is 0.988 bits per heavy atom. The minimum atomic E-state index is 0.706. The first-order chi connectivity index (χ1) is 39.1. The van der Waals surface area contributed by atoms with E-state index in [1.165, 1.54) is 82.6 Å². The minimum Gasteiger partial charge on any atom is -0.309 e. The average molecular weight is 1060 g/mol. The molecule has 10 aromatic carbocycles. The molecule has 0 unspecified atom stereocenters. The van der Waals surface area contributed by atoms with Crippen LogP contribution in [0.3, 0.4) is 0 Å². The van der Waals surface area contributed by atoms with Gasteiger partial charge in [-0.15, -0.1) is 0 Å². The normalized spacial score (nSPS) is 11.2. The quantitative estimate of drug-likeness (QED) is 0.142.